The highest BCUT2D eigenvalue weighted by Gasteiger charge is 2.20. The molecule has 1 aromatic heterocycles. The smallest absolute Gasteiger partial charge is 0.227 e. The average Bonchev–Trinajstić information content (AvgIpc) is 3.11. The quantitative estimate of drug-likeness (QED) is 0.466. The van der Waals surface area contributed by atoms with Crippen molar-refractivity contribution in [3.05, 3.63) is 76.6 Å². The van der Waals surface area contributed by atoms with E-state index in [9.17, 15) is 4.79 Å². The van der Waals surface area contributed by atoms with E-state index >= 15 is 0 Å². The van der Waals surface area contributed by atoms with Crippen LogP contribution in [-0.2, 0) is 11.3 Å². The maximum absolute atomic E-state index is 12.9. The van der Waals surface area contributed by atoms with Gasteiger partial charge in [0.2, 0.25) is 5.91 Å². The van der Waals surface area contributed by atoms with E-state index in [0.29, 0.717) is 23.9 Å². The van der Waals surface area contributed by atoms with Crippen molar-refractivity contribution in [2.45, 2.75) is 26.8 Å². The van der Waals surface area contributed by atoms with Crippen molar-refractivity contribution < 1.29 is 4.79 Å². The van der Waals surface area contributed by atoms with Gasteiger partial charge >= 0.3 is 0 Å². The summed E-state index contributed by atoms with van der Waals surface area (Å²) in [7, 11) is 0. The van der Waals surface area contributed by atoms with Gasteiger partial charge in [-0.2, -0.15) is 0 Å². The SMILES string of the molecule is CC(C)CC(=O)N(Cc1ccccc1Cl)c1csc(-c2ccccc2)c1. The van der Waals surface area contributed by atoms with E-state index in [1.165, 1.54) is 0 Å². The Balaban J connectivity index is 1.92. The van der Waals surface area contributed by atoms with Crippen molar-refractivity contribution in [1.82, 2.24) is 0 Å². The van der Waals surface area contributed by atoms with Gasteiger partial charge in [0, 0.05) is 21.7 Å². The fourth-order valence-corrected chi connectivity index (χ4v) is 3.90. The Labute approximate surface area is 164 Å². The molecule has 1 amide bonds. The first-order valence-corrected chi connectivity index (χ1v) is 9.98. The van der Waals surface area contributed by atoms with Crippen LogP contribution in [-0.4, -0.2) is 5.91 Å². The minimum Gasteiger partial charge on any atom is -0.307 e. The summed E-state index contributed by atoms with van der Waals surface area (Å²) < 4.78 is 0. The minimum absolute atomic E-state index is 0.123. The summed E-state index contributed by atoms with van der Waals surface area (Å²) >= 11 is 7.99. The van der Waals surface area contributed by atoms with Gasteiger partial charge in [-0.3, -0.25) is 4.79 Å². The summed E-state index contributed by atoms with van der Waals surface area (Å²) in [5, 5.41) is 2.74. The number of anilines is 1. The number of carbonyl (C=O) groups is 1. The number of benzene rings is 2. The zero-order valence-electron chi connectivity index (χ0n) is 15.0. The average molecular weight is 384 g/mol. The van der Waals surface area contributed by atoms with E-state index in [0.717, 1.165) is 21.7 Å². The summed E-state index contributed by atoms with van der Waals surface area (Å²) in [5.74, 6) is 0.431. The first kappa shape index (κ1) is 18.7. The lowest BCUT2D eigenvalue weighted by Gasteiger charge is -2.23. The highest BCUT2D eigenvalue weighted by atomic mass is 35.5. The van der Waals surface area contributed by atoms with Gasteiger partial charge in [0.15, 0.2) is 0 Å². The number of carbonyl (C=O) groups excluding carboxylic acids is 1. The predicted octanol–water partition coefficient (Wildman–Crippen LogP) is 6.65. The van der Waals surface area contributed by atoms with Crippen LogP contribution in [0.5, 0.6) is 0 Å². The standard InChI is InChI=1S/C22H22ClNOS/c1-16(2)12-22(25)24(14-18-10-6-7-11-20(18)23)19-13-21(26-15-19)17-8-4-3-5-9-17/h3-11,13,15-16H,12,14H2,1-2H3. The summed E-state index contributed by atoms with van der Waals surface area (Å²) in [6, 6.07) is 20.0. The van der Waals surface area contributed by atoms with Crippen molar-refractivity contribution in [3.63, 3.8) is 0 Å². The lowest BCUT2D eigenvalue weighted by molar-refractivity contribution is -0.119. The largest absolute Gasteiger partial charge is 0.307 e. The second-order valence-corrected chi connectivity index (χ2v) is 8.02. The Bertz CT molecular complexity index is 873. The molecule has 0 spiro atoms. The Morgan fingerprint density at radius 2 is 1.77 bits per heavy atom. The van der Waals surface area contributed by atoms with Crippen molar-refractivity contribution >= 4 is 34.5 Å². The zero-order valence-corrected chi connectivity index (χ0v) is 16.6. The van der Waals surface area contributed by atoms with Gasteiger partial charge in [-0.05, 0) is 29.2 Å². The normalized spacial score (nSPS) is 10.9. The predicted molar refractivity (Wildman–Crippen MR) is 112 cm³/mol. The van der Waals surface area contributed by atoms with E-state index in [1.807, 2.05) is 47.4 Å². The molecule has 2 aromatic carbocycles. The molecule has 3 rings (SSSR count). The number of hydrogen-bond donors (Lipinski definition) is 0. The Morgan fingerprint density at radius 1 is 1.08 bits per heavy atom. The Morgan fingerprint density at radius 3 is 2.46 bits per heavy atom. The molecule has 3 aromatic rings. The molecule has 0 fully saturated rings. The number of amides is 1. The fourth-order valence-electron chi connectivity index (χ4n) is 2.80. The summed E-state index contributed by atoms with van der Waals surface area (Å²) in [4.78, 5) is 15.9. The van der Waals surface area contributed by atoms with Crippen LogP contribution in [0, 0.1) is 5.92 Å². The van der Waals surface area contributed by atoms with Crippen LogP contribution in [0.1, 0.15) is 25.8 Å². The lowest BCUT2D eigenvalue weighted by atomic mass is 10.1. The molecule has 0 saturated heterocycles. The van der Waals surface area contributed by atoms with Gasteiger partial charge < -0.3 is 4.90 Å². The monoisotopic (exact) mass is 383 g/mol. The van der Waals surface area contributed by atoms with Crippen molar-refractivity contribution in [3.8, 4) is 10.4 Å². The van der Waals surface area contributed by atoms with Gasteiger partial charge in [-0.15, -0.1) is 11.3 Å². The molecule has 0 unspecified atom stereocenters. The topological polar surface area (TPSA) is 20.3 Å². The van der Waals surface area contributed by atoms with Crippen LogP contribution >= 0.6 is 22.9 Å². The van der Waals surface area contributed by atoms with Gasteiger partial charge in [0.25, 0.3) is 0 Å². The molecule has 0 aliphatic heterocycles. The third-order valence-electron chi connectivity index (χ3n) is 4.13. The van der Waals surface area contributed by atoms with E-state index in [-0.39, 0.29) is 5.91 Å². The molecule has 0 saturated carbocycles. The van der Waals surface area contributed by atoms with E-state index in [1.54, 1.807) is 11.3 Å². The van der Waals surface area contributed by atoms with Gasteiger partial charge in [0.1, 0.15) is 0 Å². The Hall–Kier alpha value is -2.10. The molecule has 0 N–H and O–H groups in total. The highest BCUT2D eigenvalue weighted by molar-refractivity contribution is 7.14. The van der Waals surface area contributed by atoms with Gasteiger partial charge in [0.05, 0.1) is 12.2 Å². The summed E-state index contributed by atoms with van der Waals surface area (Å²) in [5.41, 5.74) is 3.05. The third kappa shape index (κ3) is 4.54. The minimum atomic E-state index is 0.123. The fraction of sp³-hybridized carbons (Fsp3) is 0.227. The molecule has 0 aliphatic carbocycles. The van der Waals surface area contributed by atoms with Crippen molar-refractivity contribution in [2.24, 2.45) is 5.92 Å². The number of rotatable bonds is 6. The third-order valence-corrected chi connectivity index (χ3v) is 5.46. The molecule has 0 atom stereocenters. The number of hydrogen-bond acceptors (Lipinski definition) is 2. The maximum Gasteiger partial charge on any atom is 0.227 e. The number of thiophene rings is 1. The lowest BCUT2D eigenvalue weighted by Crippen LogP contribution is -2.31. The van der Waals surface area contributed by atoms with Gasteiger partial charge in [-0.1, -0.05) is 74.0 Å². The first-order chi connectivity index (χ1) is 12.5. The van der Waals surface area contributed by atoms with Crippen LogP contribution in [0.25, 0.3) is 10.4 Å². The molecule has 2 nitrogen and oxygen atoms in total. The van der Waals surface area contributed by atoms with Crippen molar-refractivity contribution in [1.29, 1.82) is 0 Å². The second kappa shape index (κ2) is 8.52. The summed E-state index contributed by atoms with van der Waals surface area (Å²) in [6.07, 6.45) is 0.515. The molecule has 0 aliphatic rings. The molecule has 0 bridgehead atoms. The molecular weight excluding hydrogens is 362 g/mol. The second-order valence-electron chi connectivity index (χ2n) is 6.70. The molecule has 0 radical (unpaired) electrons. The van der Waals surface area contributed by atoms with Crippen LogP contribution in [0.4, 0.5) is 5.69 Å². The highest BCUT2D eigenvalue weighted by Crippen LogP contribution is 2.33. The molecular formula is C22H22ClNOS. The van der Waals surface area contributed by atoms with E-state index in [2.05, 4.69) is 37.4 Å². The van der Waals surface area contributed by atoms with Crippen LogP contribution in [0.2, 0.25) is 5.02 Å². The molecule has 4 heteroatoms. The molecule has 1 heterocycles. The molecule has 134 valence electrons. The maximum atomic E-state index is 12.9. The van der Waals surface area contributed by atoms with Gasteiger partial charge in [-0.25, -0.2) is 0 Å². The number of halogens is 1. The molecule has 26 heavy (non-hydrogen) atoms. The van der Waals surface area contributed by atoms with E-state index < -0.39 is 0 Å². The van der Waals surface area contributed by atoms with E-state index in [4.69, 9.17) is 11.6 Å². The first-order valence-electron chi connectivity index (χ1n) is 8.72. The van der Waals surface area contributed by atoms with Crippen LogP contribution in [0.15, 0.2) is 66.0 Å². The zero-order chi connectivity index (χ0) is 18.5. The Kier molecular flexibility index (Phi) is 6.12. The summed E-state index contributed by atoms with van der Waals surface area (Å²) in [6.45, 7) is 4.61. The van der Waals surface area contributed by atoms with Crippen LogP contribution < -0.4 is 4.90 Å². The number of nitrogens with zero attached hydrogens (tertiary/aromatic N) is 1. The van der Waals surface area contributed by atoms with Crippen LogP contribution in [0.3, 0.4) is 0 Å². The van der Waals surface area contributed by atoms with Crippen molar-refractivity contribution in [2.75, 3.05) is 4.90 Å².